The largest absolute Gasteiger partial charge is 0.356 e. The number of rotatable bonds is 8. The zero-order valence-corrected chi connectivity index (χ0v) is 23.7. The third-order valence-electron chi connectivity index (χ3n) is 8.54. The Bertz CT molecular complexity index is 1060. The van der Waals surface area contributed by atoms with Crippen molar-refractivity contribution in [1.29, 1.82) is 0 Å². The number of hydrogen-bond acceptors (Lipinski definition) is 5. The third kappa shape index (κ3) is 6.00. The summed E-state index contributed by atoms with van der Waals surface area (Å²) in [5.41, 5.74) is -2.66. The van der Waals surface area contributed by atoms with Crippen molar-refractivity contribution in [3.8, 4) is 0 Å². The van der Waals surface area contributed by atoms with E-state index >= 15 is 0 Å². The maximum absolute atomic E-state index is 14.5. The summed E-state index contributed by atoms with van der Waals surface area (Å²) in [7, 11) is 0. The standard InChI is InChI=1S/C26H38ClF2N5O5/c1-24(2,3)10-15(31-23(39)26(29)7-8-26)21(37)33-12-14-16(25(14,4)5)17(33)20(36)32-34(22(38)18(27)28)11-13-6-9-30-19(13)35/h13-18H,6-12H2,1-5H3,(H,30,35)(H,31,39)(H,32,36)/t13-,14-,15-,16-,17-,18-/m0/s1. The first-order chi connectivity index (χ1) is 18.0. The van der Waals surface area contributed by atoms with Gasteiger partial charge >= 0.3 is 0 Å². The zero-order valence-electron chi connectivity index (χ0n) is 23.0. The number of carbonyl (C=O) groups excluding carboxylic acids is 5. The maximum atomic E-state index is 14.5. The molecule has 6 atom stereocenters. The van der Waals surface area contributed by atoms with Crippen LogP contribution >= 0.6 is 11.6 Å². The molecule has 2 saturated heterocycles. The van der Waals surface area contributed by atoms with Crippen LogP contribution in [0.15, 0.2) is 0 Å². The molecule has 0 aromatic carbocycles. The van der Waals surface area contributed by atoms with Crippen LogP contribution in [0.4, 0.5) is 8.78 Å². The molecule has 0 bridgehead atoms. The molecule has 218 valence electrons. The molecule has 0 unspecified atom stereocenters. The highest BCUT2D eigenvalue weighted by Gasteiger charge is 2.70. The average molecular weight is 574 g/mol. The minimum Gasteiger partial charge on any atom is -0.356 e. The van der Waals surface area contributed by atoms with Crippen LogP contribution in [0.1, 0.15) is 60.3 Å². The Hall–Kier alpha value is -2.50. The van der Waals surface area contributed by atoms with E-state index in [1.165, 1.54) is 4.90 Å². The summed E-state index contributed by atoms with van der Waals surface area (Å²) in [5.74, 6) is -4.51. The van der Waals surface area contributed by atoms with Crippen molar-refractivity contribution in [2.24, 2.45) is 28.6 Å². The minimum absolute atomic E-state index is 0.00847. The van der Waals surface area contributed by atoms with Gasteiger partial charge in [0.05, 0.1) is 12.5 Å². The lowest BCUT2D eigenvalue weighted by molar-refractivity contribution is -0.150. The van der Waals surface area contributed by atoms with E-state index in [0.29, 0.717) is 13.0 Å². The molecule has 4 fully saturated rings. The highest BCUT2D eigenvalue weighted by molar-refractivity contribution is 6.29. The minimum atomic E-state index is -2.44. The van der Waals surface area contributed by atoms with Crippen molar-refractivity contribution in [2.45, 2.75) is 83.7 Å². The van der Waals surface area contributed by atoms with Crippen LogP contribution in [-0.2, 0) is 24.0 Å². The second-order valence-electron chi connectivity index (χ2n) is 13.1. The molecule has 4 rings (SSSR count). The maximum Gasteiger partial charge on any atom is 0.291 e. The van der Waals surface area contributed by atoms with E-state index in [1.807, 2.05) is 34.6 Å². The summed E-state index contributed by atoms with van der Waals surface area (Å²) in [6, 6.07) is -2.07. The summed E-state index contributed by atoms with van der Waals surface area (Å²) < 4.78 is 28.3. The number of piperidine rings is 1. The van der Waals surface area contributed by atoms with Crippen molar-refractivity contribution in [2.75, 3.05) is 19.6 Å². The summed E-state index contributed by atoms with van der Waals surface area (Å²) in [6.07, 6.45) is 0.810. The second-order valence-corrected chi connectivity index (χ2v) is 13.5. The van der Waals surface area contributed by atoms with Gasteiger partial charge in [-0.1, -0.05) is 46.2 Å². The summed E-state index contributed by atoms with van der Waals surface area (Å²) in [4.78, 5) is 66.0. The first-order valence-electron chi connectivity index (χ1n) is 13.4. The number of likely N-dealkylation sites (tertiary alicyclic amines) is 1. The van der Waals surface area contributed by atoms with Crippen LogP contribution < -0.4 is 16.1 Å². The van der Waals surface area contributed by atoms with E-state index in [4.69, 9.17) is 11.6 Å². The Balaban J connectivity index is 1.56. The Morgan fingerprint density at radius 1 is 1.23 bits per heavy atom. The predicted octanol–water partition coefficient (Wildman–Crippen LogP) is 1.42. The van der Waals surface area contributed by atoms with Gasteiger partial charge in [-0.15, -0.1) is 0 Å². The van der Waals surface area contributed by atoms with Gasteiger partial charge < -0.3 is 15.5 Å². The average Bonchev–Trinajstić information content (AvgIpc) is 3.51. The summed E-state index contributed by atoms with van der Waals surface area (Å²) >= 11 is 5.40. The molecule has 13 heteroatoms. The number of carbonyl (C=O) groups is 5. The Labute approximate surface area is 231 Å². The smallest absolute Gasteiger partial charge is 0.291 e. The monoisotopic (exact) mass is 573 g/mol. The first-order valence-corrected chi connectivity index (χ1v) is 13.9. The van der Waals surface area contributed by atoms with Gasteiger partial charge in [0.2, 0.25) is 11.8 Å². The Morgan fingerprint density at radius 2 is 1.87 bits per heavy atom. The number of nitrogens with zero attached hydrogens (tertiary/aromatic N) is 2. The summed E-state index contributed by atoms with van der Waals surface area (Å²) in [6.45, 7) is 9.97. The number of fused-ring (bicyclic) bond motifs is 1. The molecule has 39 heavy (non-hydrogen) atoms. The van der Waals surface area contributed by atoms with Crippen molar-refractivity contribution in [1.82, 2.24) is 26.0 Å². The third-order valence-corrected chi connectivity index (χ3v) is 8.73. The van der Waals surface area contributed by atoms with Crippen molar-refractivity contribution in [3.63, 3.8) is 0 Å². The van der Waals surface area contributed by atoms with Gasteiger partial charge in [-0.3, -0.25) is 29.4 Å². The molecular formula is C26H38ClF2N5O5. The van der Waals surface area contributed by atoms with Crippen LogP contribution in [0.2, 0.25) is 0 Å². The molecular weight excluding hydrogens is 536 g/mol. The number of hydrogen-bond donors (Lipinski definition) is 3. The highest BCUT2D eigenvalue weighted by Crippen LogP contribution is 2.65. The van der Waals surface area contributed by atoms with Gasteiger partial charge in [-0.25, -0.2) is 13.8 Å². The van der Waals surface area contributed by atoms with E-state index < -0.39 is 58.3 Å². The second kappa shape index (κ2) is 10.2. The molecule has 0 radical (unpaired) electrons. The number of halogens is 3. The normalized spacial score (nSPS) is 29.5. The molecule has 0 aromatic heterocycles. The van der Waals surface area contributed by atoms with Crippen LogP contribution in [0.5, 0.6) is 0 Å². The fraction of sp³-hybridized carbons (Fsp3) is 0.808. The predicted molar refractivity (Wildman–Crippen MR) is 137 cm³/mol. The molecule has 0 spiro atoms. The van der Waals surface area contributed by atoms with Crippen molar-refractivity contribution >= 4 is 41.1 Å². The summed E-state index contributed by atoms with van der Waals surface area (Å²) in [5, 5.41) is 5.92. The lowest BCUT2D eigenvalue weighted by Gasteiger charge is -2.36. The molecule has 2 aliphatic heterocycles. The quantitative estimate of drug-likeness (QED) is 0.299. The van der Waals surface area contributed by atoms with Gasteiger partial charge in [0, 0.05) is 13.1 Å². The van der Waals surface area contributed by atoms with Crippen LogP contribution in [0.3, 0.4) is 0 Å². The van der Waals surface area contributed by atoms with Crippen molar-refractivity contribution in [3.05, 3.63) is 0 Å². The van der Waals surface area contributed by atoms with Crippen molar-refractivity contribution < 1.29 is 32.8 Å². The fourth-order valence-electron chi connectivity index (χ4n) is 6.00. The zero-order chi connectivity index (χ0) is 29.1. The fourth-order valence-corrected chi connectivity index (χ4v) is 6.12. The van der Waals surface area contributed by atoms with E-state index in [0.717, 1.165) is 5.01 Å². The molecule has 5 amide bonds. The van der Waals surface area contributed by atoms with Gasteiger partial charge in [-0.2, -0.15) is 0 Å². The lowest BCUT2D eigenvalue weighted by Crippen LogP contribution is -2.60. The van der Waals surface area contributed by atoms with E-state index in [9.17, 15) is 32.8 Å². The molecule has 10 nitrogen and oxygen atoms in total. The number of amides is 5. The van der Waals surface area contributed by atoms with E-state index in [2.05, 4.69) is 16.1 Å². The number of nitrogens with one attached hydrogen (secondary N) is 3. The van der Waals surface area contributed by atoms with Gasteiger partial charge in [-0.05, 0) is 48.3 Å². The topological polar surface area (TPSA) is 128 Å². The highest BCUT2D eigenvalue weighted by atomic mass is 35.5. The molecule has 3 N–H and O–H groups in total. The first kappa shape index (κ1) is 29.5. The Morgan fingerprint density at radius 3 is 2.38 bits per heavy atom. The van der Waals surface area contributed by atoms with E-state index in [-0.39, 0.29) is 55.5 Å². The van der Waals surface area contributed by atoms with Gasteiger partial charge in [0.15, 0.2) is 5.67 Å². The van der Waals surface area contributed by atoms with Crippen LogP contribution in [0.25, 0.3) is 0 Å². The SMILES string of the molecule is CC(C)(C)C[C@H](NC(=O)C1(F)CC1)C(=O)N1C[C@H]2[C@@H]([C@H]1C(=O)NN(C[C@@H]1CCNC1=O)C(=O)[C@H](F)Cl)C2(C)C. The number of hydrazine groups is 1. The molecule has 0 aromatic rings. The molecule has 2 saturated carbocycles. The number of alkyl halides is 3. The molecule has 4 aliphatic rings. The Kier molecular flexibility index (Phi) is 7.68. The van der Waals surface area contributed by atoms with Gasteiger partial charge in [0.25, 0.3) is 23.4 Å². The molecule has 2 aliphatic carbocycles. The van der Waals surface area contributed by atoms with Crippen LogP contribution in [0, 0.1) is 28.6 Å². The van der Waals surface area contributed by atoms with Crippen LogP contribution in [-0.4, -0.2) is 82.5 Å². The molecule has 2 heterocycles. The van der Waals surface area contributed by atoms with Gasteiger partial charge in [0.1, 0.15) is 12.1 Å². The lowest BCUT2D eigenvalue weighted by atomic mass is 9.87. The van der Waals surface area contributed by atoms with E-state index in [1.54, 1.807) is 0 Å².